The van der Waals surface area contributed by atoms with E-state index in [0.717, 1.165) is 25.8 Å². The molecular weight excluding hydrogens is 224 g/mol. The lowest BCUT2D eigenvalue weighted by Crippen LogP contribution is -2.57. The van der Waals surface area contributed by atoms with Crippen LogP contribution in [0.25, 0.3) is 0 Å². The topological polar surface area (TPSA) is 98.7 Å². The Morgan fingerprint density at radius 1 is 1.47 bits per heavy atom. The average Bonchev–Trinajstić information content (AvgIpc) is 2.29. The summed E-state index contributed by atoms with van der Waals surface area (Å²) in [5.41, 5.74) is -0.563. The van der Waals surface area contributed by atoms with Gasteiger partial charge in [-0.15, -0.1) is 0 Å². The van der Waals surface area contributed by atoms with Crippen molar-refractivity contribution in [2.24, 2.45) is 0 Å². The fourth-order valence-corrected chi connectivity index (χ4v) is 1.89. The lowest BCUT2D eigenvalue weighted by Gasteiger charge is -2.33. The van der Waals surface area contributed by atoms with Crippen molar-refractivity contribution >= 4 is 11.9 Å². The highest BCUT2D eigenvalue weighted by atomic mass is 16.4. The maximum Gasteiger partial charge on any atom is 0.332 e. The third-order valence-electron chi connectivity index (χ3n) is 3.11. The van der Waals surface area contributed by atoms with Gasteiger partial charge < -0.3 is 20.8 Å². The standard InChI is InChI=1S/C11H20N2O4/c1-11(5-2-3-6-13-11)10(17)12-7-4-8(14)9(15)16/h8,13-14H,2-7H2,1H3,(H,12,17)(H,15,16). The molecule has 98 valence electrons. The fourth-order valence-electron chi connectivity index (χ4n) is 1.89. The monoisotopic (exact) mass is 244 g/mol. The molecule has 17 heavy (non-hydrogen) atoms. The number of rotatable bonds is 5. The number of hydrogen-bond donors (Lipinski definition) is 4. The van der Waals surface area contributed by atoms with Crippen LogP contribution in [0.1, 0.15) is 32.6 Å². The van der Waals surface area contributed by atoms with Crippen LogP contribution < -0.4 is 10.6 Å². The molecule has 1 saturated heterocycles. The van der Waals surface area contributed by atoms with Gasteiger partial charge in [-0.1, -0.05) is 0 Å². The van der Waals surface area contributed by atoms with Gasteiger partial charge in [0.1, 0.15) is 0 Å². The predicted octanol–water partition coefficient (Wildman–Crippen LogP) is -0.530. The van der Waals surface area contributed by atoms with Crippen LogP contribution in [0.2, 0.25) is 0 Å². The van der Waals surface area contributed by atoms with Gasteiger partial charge in [-0.2, -0.15) is 0 Å². The van der Waals surface area contributed by atoms with Crippen molar-refractivity contribution < 1.29 is 19.8 Å². The zero-order valence-corrected chi connectivity index (χ0v) is 10.0. The van der Waals surface area contributed by atoms with Crippen molar-refractivity contribution in [1.29, 1.82) is 0 Å². The molecular formula is C11H20N2O4. The Morgan fingerprint density at radius 3 is 2.71 bits per heavy atom. The number of aliphatic hydroxyl groups is 1. The molecule has 0 aliphatic carbocycles. The zero-order chi connectivity index (χ0) is 12.9. The molecule has 6 nitrogen and oxygen atoms in total. The van der Waals surface area contributed by atoms with Gasteiger partial charge in [-0.3, -0.25) is 4.79 Å². The maximum absolute atomic E-state index is 11.9. The van der Waals surface area contributed by atoms with Crippen molar-refractivity contribution in [3.63, 3.8) is 0 Å². The van der Waals surface area contributed by atoms with E-state index in [1.165, 1.54) is 0 Å². The number of aliphatic carboxylic acids is 1. The van der Waals surface area contributed by atoms with Crippen molar-refractivity contribution in [3.05, 3.63) is 0 Å². The van der Waals surface area contributed by atoms with Gasteiger partial charge in [0.15, 0.2) is 6.10 Å². The Labute approximate surface area is 100 Å². The van der Waals surface area contributed by atoms with Gasteiger partial charge in [0, 0.05) is 13.0 Å². The van der Waals surface area contributed by atoms with E-state index in [0.29, 0.717) is 0 Å². The molecule has 1 rings (SSSR count). The largest absolute Gasteiger partial charge is 0.479 e. The van der Waals surface area contributed by atoms with E-state index in [2.05, 4.69) is 10.6 Å². The first-order valence-electron chi connectivity index (χ1n) is 5.90. The third-order valence-corrected chi connectivity index (χ3v) is 3.11. The number of carboxylic acid groups (broad SMARTS) is 1. The first-order valence-corrected chi connectivity index (χ1v) is 5.90. The van der Waals surface area contributed by atoms with Gasteiger partial charge in [-0.05, 0) is 32.7 Å². The van der Waals surface area contributed by atoms with Gasteiger partial charge in [0.2, 0.25) is 5.91 Å². The van der Waals surface area contributed by atoms with Crippen LogP contribution in [0.3, 0.4) is 0 Å². The van der Waals surface area contributed by atoms with E-state index in [9.17, 15) is 9.59 Å². The van der Waals surface area contributed by atoms with E-state index < -0.39 is 17.6 Å². The molecule has 1 heterocycles. The number of amides is 1. The van der Waals surface area contributed by atoms with Crippen molar-refractivity contribution in [1.82, 2.24) is 10.6 Å². The second kappa shape index (κ2) is 5.97. The second-order valence-corrected chi connectivity index (χ2v) is 4.61. The van der Waals surface area contributed by atoms with Crippen LogP contribution in [0.4, 0.5) is 0 Å². The molecule has 0 saturated carbocycles. The molecule has 0 aromatic heterocycles. The summed E-state index contributed by atoms with van der Waals surface area (Å²) in [6.07, 6.45) is 1.47. The van der Waals surface area contributed by atoms with Crippen LogP contribution >= 0.6 is 0 Å². The highest BCUT2D eigenvalue weighted by Gasteiger charge is 2.33. The van der Waals surface area contributed by atoms with Crippen LogP contribution in [0.15, 0.2) is 0 Å². The summed E-state index contributed by atoms with van der Waals surface area (Å²) < 4.78 is 0. The molecule has 1 fully saturated rings. The summed E-state index contributed by atoms with van der Waals surface area (Å²) in [6.45, 7) is 2.83. The van der Waals surface area contributed by atoms with Crippen LogP contribution in [-0.2, 0) is 9.59 Å². The molecule has 1 amide bonds. The Bertz CT molecular complexity index is 287. The molecule has 4 N–H and O–H groups in total. The number of aliphatic hydroxyl groups excluding tert-OH is 1. The number of carbonyl (C=O) groups excluding carboxylic acids is 1. The van der Waals surface area contributed by atoms with Crippen LogP contribution in [0.5, 0.6) is 0 Å². The molecule has 1 aliphatic heterocycles. The van der Waals surface area contributed by atoms with E-state index in [1.54, 1.807) is 0 Å². The molecule has 0 radical (unpaired) electrons. The molecule has 0 aromatic carbocycles. The first kappa shape index (κ1) is 13.9. The summed E-state index contributed by atoms with van der Waals surface area (Å²) in [7, 11) is 0. The maximum atomic E-state index is 11.9. The number of carboxylic acids is 1. The smallest absolute Gasteiger partial charge is 0.332 e. The summed E-state index contributed by atoms with van der Waals surface area (Å²) >= 11 is 0. The number of hydrogen-bond acceptors (Lipinski definition) is 4. The minimum Gasteiger partial charge on any atom is -0.479 e. The fraction of sp³-hybridized carbons (Fsp3) is 0.818. The second-order valence-electron chi connectivity index (χ2n) is 4.61. The van der Waals surface area contributed by atoms with E-state index in [-0.39, 0.29) is 18.9 Å². The van der Waals surface area contributed by atoms with E-state index in [1.807, 2.05) is 6.92 Å². The first-order chi connectivity index (χ1) is 7.96. The van der Waals surface area contributed by atoms with Crippen LogP contribution in [0, 0.1) is 0 Å². The predicted molar refractivity (Wildman–Crippen MR) is 61.5 cm³/mol. The minimum absolute atomic E-state index is 0.0250. The van der Waals surface area contributed by atoms with Crippen molar-refractivity contribution in [2.45, 2.75) is 44.2 Å². The molecule has 2 atom stereocenters. The van der Waals surface area contributed by atoms with Gasteiger partial charge in [0.25, 0.3) is 0 Å². The Morgan fingerprint density at radius 2 is 2.18 bits per heavy atom. The van der Waals surface area contributed by atoms with Crippen LogP contribution in [-0.4, -0.2) is 46.8 Å². The highest BCUT2D eigenvalue weighted by Crippen LogP contribution is 2.18. The number of nitrogens with one attached hydrogen (secondary N) is 2. The number of carbonyl (C=O) groups is 2. The molecule has 2 unspecified atom stereocenters. The molecule has 0 bridgehead atoms. The lowest BCUT2D eigenvalue weighted by molar-refractivity contribution is -0.147. The Kier molecular flexibility index (Phi) is 4.89. The Balaban J connectivity index is 2.31. The summed E-state index contributed by atoms with van der Waals surface area (Å²) in [4.78, 5) is 22.2. The molecule has 1 aliphatic rings. The highest BCUT2D eigenvalue weighted by molar-refractivity contribution is 5.86. The van der Waals surface area contributed by atoms with Crippen molar-refractivity contribution in [2.75, 3.05) is 13.1 Å². The van der Waals surface area contributed by atoms with Gasteiger partial charge in [-0.25, -0.2) is 4.79 Å². The van der Waals surface area contributed by atoms with Gasteiger partial charge in [0.05, 0.1) is 5.54 Å². The molecule has 0 spiro atoms. The average molecular weight is 244 g/mol. The quantitative estimate of drug-likeness (QED) is 0.521. The number of piperidine rings is 1. The van der Waals surface area contributed by atoms with Gasteiger partial charge >= 0.3 is 5.97 Å². The van der Waals surface area contributed by atoms with E-state index in [4.69, 9.17) is 10.2 Å². The summed E-state index contributed by atoms with van der Waals surface area (Å²) in [6, 6.07) is 0. The van der Waals surface area contributed by atoms with E-state index >= 15 is 0 Å². The zero-order valence-electron chi connectivity index (χ0n) is 10.0. The van der Waals surface area contributed by atoms with Crippen molar-refractivity contribution in [3.8, 4) is 0 Å². The Hall–Kier alpha value is -1.14. The SMILES string of the molecule is CC1(C(=O)NCCC(O)C(=O)O)CCCCN1. The minimum atomic E-state index is -1.41. The molecule has 0 aromatic rings. The normalized spacial score (nSPS) is 26.2. The molecule has 6 heteroatoms. The lowest BCUT2D eigenvalue weighted by atomic mass is 9.90. The summed E-state index contributed by atoms with van der Waals surface area (Å²) in [5.74, 6) is -1.39. The third kappa shape index (κ3) is 3.98. The summed E-state index contributed by atoms with van der Waals surface area (Å²) in [5, 5.41) is 23.3.